The van der Waals surface area contributed by atoms with Crippen molar-refractivity contribution in [3.05, 3.63) is 130 Å². The molecule has 0 heterocycles. The second-order valence-corrected chi connectivity index (χ2v) is 10.8. The zero-order chi connectivity index (χ0) is 27.0. The molecule has 0 saturated carbocycles. The molecule has 7 nitrogen and oxygen atoms in total. The van der Waals surface area contributed by atoms with E-state index in [1.807, 2.05) is 54.6 Å². The van der Waals surface area contributed by atoms with Crippen LogP contribution >= 0.6 is 11.6 Å². The molecule has 0 radical (unpaired) electrons. The fourth-order valence-electron chi connectivity index (χ4n) is 3.55. The van der Waals surface area contributed by atoms with Gasteiger partial charge in [0.15, 0.2) is 0 Å². The molecule has 0 spiro atoms. The van der Waals surface area contributed by atoms with Crippen LogP contribution in [0.25, 0.3) is 0 Å². The number of halogens is 1. The van der Waals surface area contributed by atoms with Gasteiger partial charge in [-0.1, -0.05) is 54.1 Å². The molecule has 0 aliphatic rings. The van der Waals surface area contributed by atoms with Crippen LogP contribution in [0.3, 0.4) is 0 Å². The third-order valence-corrected chi connectivity index (χ3v) is 6.96. The predicted molar refractivity (Wildman–Crippen MR) is 151 cm³/mol. The summed E-state index contributed by atoms with van der Waals surface area (Å²) in [4.78, 5) is 12.5. The monoisotopic (exact) mass is 547 g/mol. The van der Waals surface area contributed by atoms with Crippen molar-refractivity contribution in [1.82, 2.24) is 5.43 Å². The zero-order valence-corrected chi connectivity index (χ0v) is 22.2. The van der Waals surface area contributed by atoms with Crippen molar-refractivity contribution in [1.29, 1.82) is 0 Å². The Morgan fingerprint density at radius 2 is 1.53 bits per heavy atom. The minimum Gasteiger partial charge on any atom is -0.489 e. The fraction of sp³-hybridized carbons (Fsp3) is 0.103. The summed E-state index contributed by atoms with van der Waals surface area (Å²) in [5.74, 6) is 0.335. The maximum absolute atomic E-state index is 12.5. The molecule has 38 heavy (non-hydrogen) atoms. The summed E-state index contributed by atoms with van der Waals surface area (Å²) in [7, 11) is -3.48. The van der Waals surface area contributed by atoms with Crippen LogP contribution in [0.2, 0.25) is 5.02 Å². The summed E-state index contributed by atoms with van der Waals surface area (Å²) in [6, 6.07) is 30.4. The van der Waals surface area contributed by atoms with E-state index in [1.54, 1.807) is 54.7 Å². The first-order valence-electron chi connectivity index (χ1n) is 11.7. The number of para-hydroxylation sites is 1. The third kappa shape index (κ3) is 7.68. The van der Waals surface area contributed by atoms with Crippen molar-refractivity contribution < 1.29 is 17.9 Å². The Hall–Kier alpha value is -4.14. The van der Waals surface area contributed by atoms with Crippen LogP contribution in [0.1, 0.15) is 27.0 Å². The van der Waals surface area contributed by atoms with E-state index < -0.39 is 10.0 Å². The molecule has 194 valence electrons. The van der Waals surface area contributed by atoms with Crippen molar-refractivity contribution >= 4 is 39.4 Å². The molecule has 1 N–H and O–H groups in total. The summed E-state index contributed by atoms with van der Waals surface area (Å²) in [6.45, 7) is 0.584. The van der Waals surface area contributed by atoms with E-state index in [4.69, 9.17) is 16.3 Å². The number of rotatable bonds is 10. The smallest absolute Gasteiger partial charge is 0.271 e. The number of nitrogens with zero attached hydrogens (tertiary/aromatic N) is 2. The van der Waals surface area contributed by atoms with Crippen molar-refractivity contribution in [2.45, 2.75) is 13.2 Å². The van der Waals surface area contributed by atoms with Crippen LogP contribution in [0.4, 0.5) is 5.69 Å². The molecule has 0 saturated heterocycles. The zero-order valence-electron chi connectivity index (χ0n) is 20.6. The number of benzene rings is 4. The predicted octanol–water partition coefficient (Wildman–Crippen LogP) is 5.65. The summed E-state index contributed by atoms with van der Waals surface area (Å²) in [5.41, 5.74) is 6.04. The third-order valence-electron chi connectivity index (χ3n) is 5.57. The summed E-state index contributed by atoms with van der Waals surface area (Å²) in [6.07, 6.45) is 2.71. The van der Waals surface area contributed by atoms with Crippen LogP contribution in [-0.4, -0.2) is 26.8 Å². The number of hydrogen-bond donors (Lipinski definition) is 1. The largest absolute Gasteiger partial charge is 0.489 e. The molecule has 0 unspecified atom stereocenters. The Labute approximate surface area is 227 Å². The van der Waals surface area contributed by atoms with Gasteiger partial charge >= 0.3 is 0 Å². The molecule has 0 fully saturated rings. The van der Waals surface area contributed by atoms with Gasteiger partial charge in [-0.05, 0) is 77.4 Å². The van der Waals surface area contributed by atoms with Gasteiger partial charge in [0.2, 0.25) is 10.0 Å². The summed E-state index contributed by atoms with van der Waals surface area (Å²) < 4.78 is 31.7. The number of carbonyl (C=O) groups is 1. The van der Waals surface area contributed by atoms with Gasteiger partial charge in [0, 0.05) is 10.6 Å². The molecule has 9 heteroatoms. The van der Waals surface area contributed by atoms with E-state index in [0.29, 0.717) is 28.6 Å². The maximum atomic E-state index is 12.5. The van der Waals surface area contributed by atoms with E-state index in [1.165, 1.54) is 10.6 Å². The second-order valence-electron chi connectivity index (χ2n) is 8.49. The van der Waals surface area contributed by atoms with Crippen LogP contribution in [-0.2, 0) is 23.2 Å². The van der Waals surface area contributed by atoms with Crippen LogP contribution in [0.5, 0.6) is 5.75 Å². The molecule has 0 aliphatic carbocycles. The number of sulfonamides is 1. The van der Waals surface area contributed by atoms with Gasteiger partial charge in [-0.3, -0.25) is 9.10 Å². The Morgan fingerprint density at radius 3 is 2.16 bits per heavy atom. The molecule has 4 aromatic carbocycles. The molecule has 0 aliphatic heterocycles. The van der Waals surface area contributed by atoms with Crippen LogP contribution < -0.4 is 14.5 Å². The number of hydrogen-bond acceptors (Lipinski definition) is 5. The number of anilines is 1. The van der Waals surface area contributed by atoms with Gasteiger partial charge in [0.1, 0.15) is 12.4 Å². The molecule has 0 aromatic heterocycles. The van der Waals surface area contributed by atoms with Gasteiger partial charge in [0.05, 0.1) is 24.7 Å². The summed E-state index contributed by atoms with van der Waals surface area (Å²) >= 11 is 5.90. The topological polar surface area (TPSA) is 88.1 Å². The van der Waals surface area contributed by atoms with E-state index in [-0.39, 0.29) is 12.5 Å². The maximum Gasteiger partial charge on any atom is 0.271 e. The van der Waals surface area contributed by atoms with Crippen molar-refractivity contribution in [2.75, 3.05) is 10.6 Å². The Balaban J connectivity index is 1.30. The Kier molecular flexibility index (Phi) is 8.78. The lowest BCUT2D eigenvalue weighted by molar-refractivity contribution is 0.0955. The molecule has 0 bridgehead atoms. The number of ether oxygens (including phenoxy) is 1. The standard InChI is InChI=1S/C29H26ClN3O4S/c1-38(35,36)33(27-5-3-2-4-6-27)20-23-7-13-25(14-8-23)29(34)32-31-19-22-11-17-28(18-12-22)37-21-24-9-15-26(30)16-10-24/h2-19H,20-21H2,1H3,(H,32,34)/b31-19-. The number of amides is 1. The van der Waals surface area contributed by atoms with E-state index in [9.17, 15) is 13.2 Å². The lowest BCUT2D eigenvalue weighted by Gasteiger charge is -2.22. The first-order valence-corrected chi connectivity index (χ1v) is 13.9. The first kappa shape index (κ1) is 26.9. The minimum absolute atomic E-state index is 0.155. The first-order chi connectivity index (χ1) is 18.3. The quantitative estimate of drug-likeness (QED) is 0.205. The van der Waals surface area contributed by atoms with Gasteiger partial charge in [-0.2, -0.15) is 5.10 Å². The van der Waals surface area contributed by atoms with Gasteiger partial charge in [-0.15, -0.1) is 0 Å². The lowest BCUT2D eigenvalue weighted by Crippen LogP contribution is -2.29. The number of hydrazone groups is 1. The number of carbonyl (C=O) groups excluding carboxylic acids is 1. The van der Waals surface area contributed by atoms with E-state index >= 15 is 0 Å². The SMILES string of the molecule is CS(=O)(=O)N(Cc1ccc(C(=O)N/N=C\c2ccc(OCc3ccc(Cl)cc3)cc2)cc1)c1ccccc1. The molecule has 1 amide bonds. The van der Waals surface area contributed by atoms with Crippen molar-refractivity contribution in [3.63, 3.8) is 0 Å². The van der Waals surface area contributed by atoms with E-state index in [0.717, 1.165) is 16.7 Å². The number of nitrogens with one attached hydrogen (secondary N) is 1. The molecular weight excluding hydrogens is 522 g/mol. The highest BCUT2D eigenvalue weighted by molar-refractivity contribution is 7.92. The highest BCUT2D eigenvalue weighted by atomic mass is 35.5. The minimum atomic E-state index is -3.48. The highest BCUT2D eigenvalue weighted by Gasteiger charge is 2.17. The average Bonchev–Trinajstić information content (AvgIpc) is 2.92. The molecule has 0 atom stereocenters. The van der Waals surface area contributed by atoms with E-state index in [2.05, 4.69) is 10.5 Å². The summed E-state index contributed by atoms with van der Waals surface area (Å²) in [5, 5.41) is 4.71. The average molecular weight is 548 g/mol. The van der Waals surface area contributed by atoms with Gasteiger partial charge < -0.3 is 4.74 Å². The Morgan fingerprint density at radius 1 is 0.895 bits per heavy atom. The normalized spacial score (nSPS) is 11.3. The molecular formula is C29H26ClN3O4S. The van der Waals surface area contributed by atoms with Crippen molar-refractivity contribution in [3.8, 4) is 5.75 Å². The highest BCUT2D eigenvalue weighted by Crippen LogP contribution is 2.20. The molecule has 4 aromatic rings. The fourth-order valence-corrected chi connectivity index (χ4v) is 4.56. The second kappa shape index (κ2) is 12.4. The van der Waals surface area contributed by atoms with Gasteiger partial charge in [-0.25, -0.2) is 13.8 Å². The van der Waals surface area contributed by atoms with Crippen LogP contribution in [0.15, 0.2) is 108 Å². The van der Waals surface area contributed by atoms with Crippen molar-refractivity contribution in [2.24, 2.45) is 5.10 Å². The Bertz CT molecular complexity index is 1490. The van der Waals surface area contributed by atoms with Gasteiger partial charge in [0.25, 0.3) is 5.91 Å². The lowest BCUT2D eigenvalue weighted by atomic mass is 10.1. The molecule has 4 rings (SSSR count). The van der Waals surface area contributed by atoms with Crippen LogP contribution in [0, 0.1) is 0 Å².